The van der Waals surface area contributed by atoms with Crippen molar-refractivity contribution in [2.45, 2.75) is 4.90 Å². The second-order valence-electron chi connectivity index (χ2n) is 6.76. The standard InChI is InChI=1S/C26H18S3/c27-23-13-7-12-22(25-20(14-16-28-25)18-8-3-1-4-9-18)24(23)26-21(15-17-29-26)19-10-5-2-6-11-19/h1-17,27H. The van der Waals surface area contributed by atoms with Gasteiger partial charge < -0.3 is 0 Å². The van der Waals surface area contributed by atoms with E-state index in [1.54, 1.807) is 22.7 Å². The van der Waals surface area contributed by atoms with Gasteiger partial charge in [-0.05, 0) is 40.1 Å². The summed E-state index contributed by atoms with van der Waals surface area (Å²) in [5, 5.41) is 4.35. The minimum Gasteiger partial charge on any atom is -0.143 e. The maximum Gasteiger partial charge on any atom is 0.0438 e. The van der Waals surface area contributed by atoms with Crippen LogP contribution in [-0.4, -0.2) is 0 Å². The molecule has 0 bridgehead atoms. The van der Waals surface area contributed by atoms with Crippen LogP contribution in [0.2, 0.25) is 0 Å². The van der Waals surface area contributed by atoms with E-state index < -0.39 is 0 Å². The van der Waals surface area contributed by atoms with Crippen molar-refractivity contribution in [2.24, 2.45) is 0 Å². The number of thiophene rings is 2. The quantitative estimate of drug-likeness (QED) is 0.273. The highest BCUT2D eigenvalue weighted by molar-refractivity contribution is 7.80. The average Bonchev–Trinajstić information content (AvgIpc) is 3.45. The van der Waals surface area contributed by atoms with Gasteiger partial charge in [-0.25, -0.2) is 0 Å². The minimum absolute atomic E-state index is 1.01. The monoisotopic (exact) mass is 426 g/mol. The van der Waals surface area contributed by atoms with E-state index in [2.05, 4.69) is 102 Å². The Labute approximate surface area is 184 Å². The summed E-state index contributed by atoms with van der Waals surface area (Å²) in [4.78, 5) is 3.56. The third kappa shape index (κ3) is 3.46. The topological polar surface area (TPSA) is 0 Å². The molecule has 0 spiro atoms. The smallest absolute Gasteiger partial charge is 0.0438 e. The molecule has 0 unspecified atom stereocenters. The van der Waals surface area contributed by atoms with E-state index in [1.807, 2.05) is 0 Å². The van der Waals surface area contributed by atoms with Gasteiger partial charge in [-0.3, -0.25) is 0 Å². The van der Waals surface area contributed by atoms with Gasteiger partial charge in [-0.2, -0.15) is 0 Å². The van der Waals surface area contributed by atoms with Crippen LogP contribution in [0.4, 0.5) is 0 Å². The molecule has 0 aliphatic heterocycles. The van der Waals surface area contributed by atoms with Gasteiger partial charge in [-0.1, -0.05) is 72.8 Å². The highest BCUT2D eigenvalue weighted by Gasteiger charge is 2.19. The summed E-state index contributed by atoms with van der Waals surface area (Å²) in [5.41, 5.74) is 7.47. The highest BCUT2D eigenvalue weighted by Crippen LogP contribution is 2.47. The Bertz CT molecular complexity index is 1250. The van der Waals surface area contributed by atoms with Crippen LogP contribution in [0, 0.1) is 0 Å². The second-order valence-corrected chi connectivity index (χ2v) is 9.07. The first kappa shape index (κ1) is 18.4. The first-order valence-electron chi connectivity index (χ1n) is 9.41. The summed E-state index contributed by atoms with van der Waals surface area (Å²) >= 11 is 8.45. The lowest BCUT2D eigenvalue weighted by Crippen LogP contribution is -1.87. The SMILES string of the molecule is Sc1cccc(-c2sccc2-c2ccccc2)c1-c1sccc1-c1ccccc1. The molecule has 0 amide bonds. The van der Waals surface area contributed by atoms with Crippen LogP contribution in [0.3, 0.4) is 0 Å². The zero-order valence-electron chi connectivity index (χ0n) is 15.6. The van der Waals surface area contributed by atoms with Gasteiger partial charge in [-0.15, -0.1) is 35.3 Å². The van der Waals surface area contributed by atoms with Crippen LogP contribution in [0.25, 0.3) is 43.1 Å². The van der Waals surface area contributed by atoms with E-state index in [9.17, 15) is 0 Å². The fraction of sp³-hybridized carbons (Fsp3) is 0. The molecule has 29 heavy (non-hydrogen) atoms. The van der Waals surface area contributed by atoms with Crippen molar-refractivity contribution in [1.82, 2.24) is 0 Å². The second kappa shape index (κ2) is 8.03. The normalized spacial score (nSPS) is 10.9. The van der Waals surface area contributed by atoms with Crippen LogP contribution in [0.5, 0.6) is 0 Å². The predicted molar refractivity (Wildman–Crippen MR) is 131 cm³/mol. The molecule has 2 aromatic heterocycles. The molecule has 0 N–H and O–H groups in total. The van der Waals surface area contributed by atoms with Crippen molar-refractivity contribution >= 4 is 35.3 Å². The molecule has 5 rings (SSSR count). The summed E-state index contributed by atoms with van der Waals surface area (Å²) in [6.45, 7) is 0. The van der Waals surface area contributed by atoms with Gasteiger partial charge in [0.25, 0.3) is 0 Å². The molecule has 5 aromatic rings. The molecule has 0 aliphatic rings. The predicted octanol–water partition coefficient (Wildman–Crippen LogP) is 8.77. The first-order valence-corrected chi connectivity index (χ1v) is 11.6. The van der Waals surface area contributed by atoms with Crippen molar-refractivity contribution in [1.29, 1.82) is 0 Å². The van der Waals surface area contributed by atoms with Crippen molar-refractivity contribution in [2.75, 3.05) is 0 Å². The third-order valence-electron chi connectivity index (χ3n) is 5.01. The molecular formula is C26H18S3. The molecule has 0 aliphatic carbocycles. The van der Waals surface area contributed by atoms with Crippen molar-refractivity contribution in [3.05, 3.63) is 102 Å². The molecule has 0 atom stereocenters. The van der Waals surface area contributed by atoms with Crippen LogP contribution < -0.4 is 0 Å². The van der Waals surface area contributed by atoms with Crippen LogP contribution in [0.15, 0.2) is 107 Å². The van der Waals surface area contributed by atoms with E-state index in [0.29, 0.717) is 0 Å². The Balaban J connectivity index is 1.72. The van der Waals surface area contributed by atoms with Gasteiger partial charge in [0.1, 0.15) is 0 Å². The maximum atomic E-state index is 4.88. The van der Waals surface area contributed by atoms with Gasteiger partial charge in [0, 0.05) is 36.9 Å². The molecule has 0 fully saturated rings. The lowest BCUT2D eigenvalue weighted by Gasteiger charge is -2.14. The van der Waals surface area contributed by atoms with Crippen LogP contribution in [-0.2, 0) is 0 Å². The molecule has 0 nitrogen and oxygen atoms in total. The maximum absolute atomic E-state index is 4.88. The lowest BCUT2D eigenvalue weighted by molar-refractivity contribution is 1.48. The number of hydrogen-bond acceptors (Lipinski definition) is 3. The average molecular weight is 427 g/mol. The van der Waals surface area contributed by atoms with E-state index in [4.69, 9.17) is 12.6 Å². The van der Waals surface area contributed by atoms with Crippen LogP contribution >= 0.6 is 35.3 Å². The summed E-state index contributed by atoms with van der Waals surface area (Å²) in [5.74, 6) is 0. The Morgan fingerprint density at radius 2 is 1.03 bits per heavy atom. The molecule has 0 radical (unpaired) electrons. The number of benzene rings is 3. The first-order chi connectivity index (χ1) is 14.3. The highest BCUT2D eigenvalue weighted by atomic mass is 32.1. The largest absolute Gasteiger partial charge is 0.143 e. The molecule has 3 heteroatoms. The molecule has 0 saturated heterocycles. The third-order valence-corrected chi connectivity index (χ3v) is 7.27. The molecule has 3 aromatic carbocycles. The van der Waals surface area contributed by atoms with Crippen molar-refractivity contribution in [3.63, 3.8) is 0 Å². The molecule has 2 heterocycles. The van der Waals surface area contributed by atoms with Crippen molar-refractivity contribution in [3.8, 4) is 43.1 Å². The molecular weight excluding hydrogens is 408 g/mol. The molecule has 140 valence electrons. The van der Waals surface area contributed by atoms with Crippen LogP contribution in [0.1, 0.15) is 0 Å². The number of thiol groups is 1. The minimum atomic E-state index is 1.01. The van der Waals surface area contributed by atoms with Gasteiger partial charge in [0.05, 0.1) is 0 Å². The Hall–Kier alpha value is -2.59. The van der Waals surface area contributed by atoms with E-state index in [0.717, 1.165) is 4.90 Å². The lowest BCUT2D eigenvalue weighted by atomic mass is 9.95. The van der Waals surface area contributed by atoms with E-state index >= 15 is 0 Å². The fourth-order valence-corrected chi connectivity index (χ4v) is 6.01. The summed E-state index contributed by atoms with van der Waals surface area (Å²) in [6.07, 6.45) is 0. The summed E-state index contributed by atoms with van der Waals surface area (Å²) in [7, 11) is 0. The Morgan fingerprint density at radius 1 is 0.483 bits per heavy atom. The van der Waals surface area contributed by atoms with E-state index in [-0.39, 0.29) is 0 Å². The summed E-state index contributed by atoms with van der Waals surface area (Å²) in [6, 6.07) is 32.1. The zero-order chi connectivity index (χ0) is 19.6. The van der Waals surface area contributed by atoms with Crippen molar-refractivity contribution < 1.29 is 0 Å². The van der Waals surface area contributed by atoms with E-state index in [1.165, 1.54) is 43.1 Å². The number of hydrogen-bond donors (Lipinski definition) is 1. The zero-order valence-corrected chi connectivity index (χ0v) is 18.1. The number of rotatable bonds is 4. The Kier molecular flexibility index (Phi) is 5.11. The van der Waals surface area contributed by atoms with Gasteiger partial charge in [0.15, 0.2) is 0 Å². The fourth-order valence-electron chi connectivity index (χ4n) is 3.68. The Morgan fingerprint density at radius 3 is 1.66 bits per heavy atom. The van der Waals surface area contributed by atoms with Gasteiger partial charge >= 0.3 is 0 Å². The summed E-state index contributed by atoms with van der Waals surface area (Å²) < 4.78 is 0. The molecule has 0 saturated carbocycles. The van der Waals surface area contributed by atoms with Gasteiger partial charge in [0.2, 0.25) is 0 Å².